The predicted molar refractivity (Wildman–Crippen MR) is 68.7 cm³/mol. The standard InChI is InChI=1S/C15H26O2/c1-17-15(16)8-6-4-2-3-5-7-13-11-14(13)12-9-10-12/h12-14H,2-11H2,1H3. The van der Waals surface area contributed by atoms with Gasteiger partial charge in [-0.1, -0.05) is 32.1 Å². The van der Waals surface area contributed by atoms with Crippen LogP contribution in [0.5, 0.6) is 0 Å². The van der Waals surface area contributed by atoms with E-state index in [0.717, 1.165) is 24.2 Å². The van der Waals surface area contributed by atoms with Gasteiger partial charge in [0.05, 0.1) is 7.11 Å². The summed E-state index contributed by atoms with van der Waals surface area (Å²) in [6, 6.07) is 0. The number of carbonyl (C=O) groups is 1. The van der Waals surface area contributed by atoms with E-state index in [2.05, 4.69) is 4.74 Å². The lowest BCUT2D eigenvalue weighted by atomic mass is 10.1. The van der Waals surface area contributed by atoms with E-state index in [1.165, 1.54) is 58.5 Å². The van der Waals surface area contributed by atoms with Crippen molar-refractivity contribution >= 4 is 5.97 Å². The SMILES string of the molecule is COC(=O)CCCCCCCC1CC1C1CC1. The molecule has 2 aliphatic carbocycles. The van der Waals surface area contributed by atoms with Gasteiger partial charge in [-0.05, 0) is 43.4 Å². The zero-order valence-electron chi connectivity index (χ0n) is 11.1. The number of rotatable bonds is 9. The van der Waals surface area contributed by atoms with Crippen LogP contribution >= 0.6 is 0 Å². The van der Waals surface area contributed by atoms with E-state index in [-0.39, 0.29) is 5.97 Å². The maximum Gasteiger partial charge on any atom is 0.305 e. The van der Waals surface area contributed by atoms with Crippen molar-refractivity contribution in [1.29, 1.82) is 0 Å². The first-order valence-electron chi connectivity index (χ1n) is 7.38. The van der Waals surface area contributed by atoms with Gasteiger partial charge < -0.3 is 4.74 Å². The minimum absolute atomic E-state index is 0.0599. The Kier molecular flexibility index (Phi) is 4.87. The molecular weight excluding hydrogens is 212 g/mol. The molecule has 2 atom stereocenters. The Bertz CT molecular complexity index is 245. The third-order valence-corrected chi connectivity index (χ3v) is 4.39. The molecular formula is C15H26O2. The molecule has 2 saturated carbocycles. The van der Waals surface area contributed by atoms with Crippen molar-refractivity contribution in [2.75, 3.05) is 7.11 Å². The molecule has 17 heavy (non-hydrogen) atoms. The van der Waals surface area contributed by atoms with Gasteiger partial charge >= 0.3 is 5.97 Å². The van der Waals surface area contributed by atoms with Crippen molar-refractivity contribution in [3.05, 3.63) is 0 Å². The van der Waals surface area contributed by atoms with E-state index in [4.69, 9.17) is 0 Å². The second-order valence-electron chi connectivity index (χ2n) is 5.88. The number of unbranched alkanes of at least 4 members (excludes halogenated alkanes) is 4. The molecule has 0 spiro atoms. The summed E-state index contributed by atoms with van der Waals surface area (Å²) in [6.45, 7) is 0. The molecule has 0 bridgehead atoms. The molecule has 0 aromatic heterocycles. The normalized spacial score (nSPS) is 26.9. The predicted octanol–water partition coefficient (Wildman–Crippen LogP) is 3.94. The molecule has 0 N–H and O–H groups in total. The molecule has 2 nitrogen and oxygen atoms in total. The Hall–Kier alpha value is -0.530. The van der Waals surface area contributed by atoms with Crippen molar-refractivity contribution in [2.45, 2.75) is 64.2 Å². The zero-order chi connectivity index (χ0) is 12.1. The van der Waals surface area contributed by atoms with E-state index in [0.29, 0.717) is 6.42 Å². The van der Waals surface area contributed by atoms with Crippen LogP contribution in [0.4, 0.5) is 0 Å². The molecule has 0 radical (unpaired) electrons. The van der Waals surface area contributed by atoms with E-state index < -0.39 is 0 Å². The Morgan fingerprint density at radius 2 is 1.82 bits per heavy atom. The van der Waals surface area contributed by atoms with Gasteiger partial charge in [-0.3, -0.25) is 4.79 Å². The van der Waals surface area contributed by atoms with Gasteiger partial charge in [-0.15, -0.1) is 0 Å². The van der Waals surface area contributed by atoms with Crippen molar-refractivity contribution in [3.8, 4) is 0 Å². The summed E-state index contributed by atoms with van der Waals surface area (Å²) in [6.07, 6.45) is 12.9. The average Bonchev–Trinajstić information content (AvgIpc) is 3.18. The van der Waals surface area contributed by atoms with Gasteiger partial charge in [0.15, 0.2) is 0 Å². The molecule has 0 amide bonds. The molecule has 2 unspecified atom stereocenters. The summed E-state index contributed by atoms with van der Waals surface area (Å²) in [5.41, 5.74) is 0. The molecule has 2 heteroatoms. The maximum atomic E-state index is 10.9. The smallest absolute Gasteiger partial charge is 0.305 e. The number of hydrogen-bond acceptors (Lipinski definition) is 2. The highest BCUT2D eigenvalue weighted by atomic mass is 16.5. The molecule has 98 valence electrons. The van der Waals surface area contributed by atoms with Crippen molar-refractivity contribution < 1.29 is 9.53 Å². The van der Waals surface area contributed by atoms with Crippen LogP contribution in [0.1, 0.15) is 64.2 Å². The summed E-state index contributed by atoms with van der Waals surface area (Å²) in [7, 11) is 1.47. The van der Waals surface area contributed by atoms with Gasteiger partial charge in [0.25, 0.3) is 0 Å². The van der Waals surface area contributed by atoms with E-state index >= 15 is 0 Å². The fraction of sp³-hybridized carbons (Fsp3) is 0.933. The topological polar surface area (TPSA) is 26.3 Å². The molecule has 0 aromatic rings. The number of esters is 1. The fourth-order valence-corrected chi connectivity index (χ4v) is 3.01. The summed E-state index contributed by atoms with van der Waals surface area (Å²) >= 11 is 0. The molecule has 2 rings (SSSR count). The number of carbonyl (C=O) groups excluding carboxylic acids is 1. The van der Waals surface area contributed by atoms with E-state index in [9.17, 15) is 4.79 Å². The van der Waals surface area contributed by atoms with Crippen LogP contribution in [-0.4, -0.2) is 13.1 Å². The van der Waals surface area contributed by atoms with Crippen LogP contribution < -0.4 is 0 Å². The maximum absolute atomic E-state index is 10.9. The molecule has 2 fully saturated rings. The largest absolute Gasteiger partial charge is 0.469 e. The zero-order valence-corrected chi connectivity index (χ0v) is 11.1. The van der Waals surface area contributed by atoms with Gasteiger partial charge in [-0.2, -0.15) is 0 Å². The lowest BCUT2D eigenvalue weighted by Crippen LogP contribution is -1.99. The summed E-state index contributed by atoms with van der Waals surface area (Å²) < 4.78 is 4.62. The molecule has 0 saturated heterocycles. The number of methoxy groups -OCH3 is 1. The lowest BCUT2D eigenvalue weighted by Gasteiger charge is -2.01. The lowest BCUT2D eigenvalue weighted by molar-refractivity contribution is -0.140. The quantitative estimate of drug-likeness (QED) is 0.449. The van der Waals surface area contributed by atoms with Crippen LogP contribution in [0.3, 0.4) is 0 Å². The van der Waals surface area contributed by atoms with Crippen LogP contribution in [0.25, 0.3) is 0 Å². The Labute approximate surface area is 105 Å². The number of ether oxygens (including phenoxy) is 1. The summed E-state index contributed by atoms with van der Waals surface area (Å²) in [5, 5.41) is 0. The third-order valence-electron chi connectivity index (χ3n) is 4.39. The molecule has 0 aliphatic heterocycles. The molecule has 0 heterocycles. The second kappa shape index (κ2) is 6.42. The fourth-order valence-electron chi connectivity index (χ4n) is 3.01. The number of hydrogen-bond donors (Lipinski definition) is 0. The first kappa shape index (κ1) is 12.9. The Balaban J connectivity index is 1.34. The minimum atomic E-state index is -0.0599. The molecule has 2 aliphatic rings. The Morgan fingerprint density at radius 3 is 2.53 bits per heavy atom. The van der Waals surface area contributed by atoms with Crippen LogP contribution in [0, 0.1) is 17.8 Å². The van der Waals surface area contributed by atoms with Gasteiger partial charge in [0.2, 0.25) is 0 Å². The average molecular weight is 238 g/mol. The Morgan fingerprint density at radius 1 is 1.12 bits per heavy atom. The van der Waals surface area contributed by atoms with Gasteiger partial charge in [0.1, 0.15) is 0 Å². The van der Waals surface area contributed by atoms with Gasteiger partial charge in [0, 0.05) is 6.42 Å². The third kappa shape index (κ3) is 4.69. The highest BCUT2D eigenvalue weighted by Gasteiger charge is 2.46. The minimum Gasteiger partial charge on any atom is -0.469 e. The van der Waals surface area contributed by atoms with Crippen molar-refractivity contribution in [1.82, 2.24) is 0 Å². The van der Waals surface area contributed by atoms with Crippen LogP contribution in [0.15, 0.2) is 0 Å². The van der Waals surface area contributed by atoms with Gasteiger partial charge in [-0.25, -0.2) is 0 Å². The highest BCUT2D eigenvalue weighted by molar-refractivity contribution is 5.68. The first-order chi connectivity index (χ1) is 8.31. The monoisotopic (exact) mass is 238 g/mol. The van der Waals surface area contributed by atoms with Crippen LogP contribution in [-0.2, 0) is 9.53 Å². The second-order valence-corrected chi connectivity index (χ2v) is 5.88. The summed E-state index contributed by atoms with van der Waals surface area (Å²) in [5.74, 6) is 3.31. The first-order valence-corrected chi connectivity index (χ1v) is 7.38. The summed E-state index contributed by atoms with van der Waals surface area (Å²) in [4.78, 5) is 10.9. The van der Waals surface area contributed by atoms with Crippen LogP contribution in [0.2, 0.25) is 0 Å². The van der Waals surface area contributed by atoms with Crippen molar-refractivity contribution in [2.24, 2.45) is 17.8 Å². The molecule has 0 aromatic carbocycles. The highest BCUT2D eigenvalue weighted by Crippen LogP contribution is 2.56. The van der Waals surface area contributed by atoms with E-state index in [1.807, 2.05) is 0 Å². The van der Waals surface area contributed by atoms with E-state index in [1.54, 1.807) is 0 Å². The van der Waals surface area contributed by atoms with Crippen molar-refractivity contribution in [3.63, 3.8) is 0 Å².